The topological polar surface area (TPSA) is 50.2 Å². The van der Waals surface area contributed by atoms with Gasteiger partial charge in [-0.25, -0.2) is 4.79 Å². The fourth-order valence-electron chi connectivity index (χ4n) is 2.35. The summed E-state index contributed by atoms with van der Waals surface area (Å²) in [7, 11) is 0. The number of esters is 1. The van der Waals surface area contributed by atoms with Crippen molar-refractivity contribution in [1.29, 1.82) is 5.41 Å². The molecule has 0 heterocycles. The molecule has 3 nitrogen and oxygen atoms in total. The van der Waals surface area contributed by atoms with Crippen LogP contribution in [0.2, 0.25) is 0 Å². The van der Waals surface area contributed by atoms with Crippen molar-refractivity contribution in [3.05, 3.63) is 0 Å². The zero-order valence-electron chi connectivity index (χ0n) is 14.0. The van der Waals surface area contributed by atoms with Crippen LogP contribution < -0.4 is 0 Å². The molecule has 0 aliphatic carbocycles. The van der Waals surface area contributed by atoms with Gasteiger partial charge in [0.05, 0.1) is 6.61 Å². The summed E-state index contributed by atoms with van der Waals surface area (Å²) < 4.78 is 4.98. The van der Waals surface area contributed by atoms with Crippen LogP contribution in [0.3, 0.4) is 0 Å². The van der Waals surface area contributed by atoms with E-state index in [1.807, 2.05) is 0 Å². The van der Waals surface area contributed by atoms with Gasteiger partial charge in [-0.2, -0.15) is 0 Å². The van der Waals surface area contributed by atoms with Crippen molar-refractivity contribution in [3.8, 4) is 0 Å². The number of hydrogen-bond donors (Lipinski definition) is 1. The normalized spacial score (nSPS) is 11.4. The Hall–Kier alpha value is -0.860. The average Bonchev–Trinajstić information content (AvgIpc) is 2.35. The third kappa shape index (κ3) is 9.11. The number of carbonyl (C=O) groups excluding carboxylic acids is 1. The van der Waals surface area contributed by atoms with Gasteiger partial charge in [0.15, 0.2) is 0 Å². The van der Waals surface area contributed by atoms with Gasteiger partial charge < -0.3 is 4.74 Å². The second-order valence-electron chi connectivity index (χ2n) is 6.48. The van der Waals surface area contributed by atoms with Gasteiger partial charge in [-0.1, -0.05) is 53.4 Å². The molecule has 0 aromatic heterocycles. The number of rotatable bonds is 11. The van der Waals surface area contributed by atoms with Crippen LogP contribution in [0.25, 0.3) is 0 Å². The minimum absolute atomic E-state index is 0.0755. The molecule has 0 fully saturated rings. The van der Waals surface area contributed by atoms with E-state index >= 15 is 0 Å². The Kier molecular flexibility index (Phi) is 10.4. The standard InChI is InChI=1S/C17H33NO2/c1-6-20-17(19)16(18)15(11-7-9-13(2)3)12-8-10-14(4)5/h13-15,18H,6-12H2,1-5H3. The van der Waals surface area contributed by atoms with E-state index in [1.54, 1.807) is 6.92 Å². The molecule has 0 spiro atoms. The van der Waals surface area contributed by atoms with Gasteiger partial charge in [0.25, 0.3) is 0 Å². The Morgan fingerprint density at radius 3 is 1.75 bits per heavy atom. The van der Waals surface area contributed by atoms with Gasteiger partial charge in [-0.15, -0.1) is 0 Å². The Bertz CT molecular complexity index is 271. The van der Waals surface area contributed by atoms with Gasteiger partial charge in [-0.05, 0) is 31.6 Å². The van der Waals surface area contributed by atoms with Crippen molar-refractivity contribution in [1.82, 2.24) is 0 Å². The van der Waals surface area contributed by atoms with E-state index in [0.717, 1.165) is 38.5 Å². The zero-order chi connectivity index (χ0) is 15.5. The minimum Gasteiger partial charge on any atom is -0.462 e. The highest BCUT2D eigenvalue weighted by Gasteiger charge is 2.22. The van der Waals surface area contributed by atoms with E-state index in [9.17, 15) is 4.79 Å². The first-order valence-corrected chi connectivity index (χ1v) is 8.14. The Labute approximate surface area is 125 Å². The smallest absolute Gasteiger partial charge is 0.352 e. The molecule has 0 unspecified atom stereocenters. The maximum absolute atomic E-state index is 11.7. The first-order valence-electron chi connectivity index (χ1n) is 8.14. The number of nitrogens with one attached hydrogen (secondary N) is 1. The molecule has 20 heavy (non-hydrogen) atoms. The third-order valence-electron chi connectivity index (χ3n) is 3.57. The molecule has 0 radical (unpaired) electrons. The largest absolute Gasteiger partial charge is 0.462 e. The molecule has 0 rings (SSSR count). The number of carbonyl (C=O) groups is 1. The van der Waals surface area contributed by atoms with Crippen molar-refractivity contribution in [2.75, 3.05) is 6.61 Å². The summed E-state index contributed by atoms with van der Waals surface area (Å²) in [4.78, 5) is 11.7. The van der Waals surface area contributed by atoms with Crippen LogP contribution in [0.15, 0.2) is 0 Å². The lowest BCUT2D eigenvalue weighted by atomic mass is 9.89. The summed E-state index contributed by atoms with van der Waals surface area (Å²) >= 11 is 0. The molecule has 0 saturated heterocycles. The lowest BCUT2D eigenvalue weighted by molar-refractivity contribution is -0.135. The second-order valence-corrected chi connectivity index (χ2v) is 6.48. The first kappa shape index (κ1) is 19.1. The van der Waals surface area contributed by atoms with Crippen molar-refractivity contribution in [2.24, 2.45) is 17.8 Å². The fourth-order valence-corrected chi connectivity index (χ4v) is 2.35. The molecule has 0 amide bonds. The fraction of sp³-hybridized carbons (Fsp3) is 0.882. The molecule has 118 valence electrons. The SMILES string of the molecule is CCOC(=O)C(=N)C(CCCC(C)C)CCCC(C)C. The highest BCUT2D eigenvalue weighted by atomic mass is 16.5. The third-order valence-corrected chi connectivity index (χ3v) is 3.57. The molecule has 1 N–H and O–H groups in total. The summed E-state index contributed by atoms with van der Waals surface area (Å²) in [5.41, 5.74) is 0.180. The lowest BCUT2D eigenvalue weighted by Gasteiger charge is -2.18. The molecule has 0 aliphatic rings. The van der Waals surface area contributed by atoms with E-state index in [0.29, 0.717) is 18.4 Å². The molecular weight excluding hydrogens is 250 g/mol. The van der Waals surface area contributed by atoms with Crippen LogP contribution in [0.5, 0.6) is 0 Å². The van der Waals surface area contributed by atoms with Crippen molar-refractivity contribution >= 4 is 11.7 Å². The van der Waals surface area contributed by atoms with Crippen molar-refractivity contribution in [3.63, 3.8) is 0 Å². The summed E-state index contributed by atoms with van der Waals surface area (Å²) in [5.74, 6) is 1.02. The van der Waals surface area contributed by atoms with Crippen molar-refractivity contribution in [2.45, 2.75) is 73.1 Å². The summed E-state index contributed by atoms with van der Waals surface area (Å²) in [6, 6.07) is 0. The molecule has 0 saturated carbocycles. The van der Waals surface area contributed by atoms with E-state index in [2.05, 4.69) is 27.7 Å². The number of hydrogen-bond acceptors (Lipinski definition) is 3. The second kappa shape index (κ2) is 10.9. The van der Waals surface area contributed by atoms with Gasteiger partial charge >= 0.3 is 5.97 Å². The maximum atomic E-state index is 11.7. The molecule has 0 bridgehead atoms. The van der Waals surface area contributed by atoms with E-state index in [1.165, 1.54) is 0 Å². The quantitative estimate of drug-likeness (QED) is 0.436. The van der Waals surface area contributed by atoms with Crippen LogP contribution in [-0.2, 0) is 9.53 Å². The van der Waals surface area contributed by atoms with Crippen LogP contribution in [0.1, 0.15) is 73.1 Å². The monoisotopic (exact) mass is 283 g/mol. The van der Waals surface area contributed by atoms with Crippen LogP contribution >= 0.6 is 0 Å². The Morgan fingerprint density at radius 2 is 1.40 bits per heavy atom. The highest BCUT2D eigenvalue weighted by molar-refractivity contribution is 6.35. The lowest BCUT2D eigenvalue weighted by Crippen LogP contribution is -2.25. The predicted molar refractivity (Wildman–Crippen MR) is 85.2 cm³/mol. The molecule has 0 aliphatic heterocycles. The van der Waals surface area contributed by atoms with Crippen LogP contribution in [0, 0.1) is 23.2 Å². The van der Waals surface area contributed by atoms with Crippen LogP contribution in [0.4, 0.5) is 0 Å². The van der Waals surface area contributed by atoms with Crippen LogP contribution in [-0.4, -0.2) is 18.3 Å². The maximum Gasteiger partial charge on any atom is 0.352 e. The minimum atomic E-state index is -0.424. The first-order chi connectivity index (χ1) is 9.38. The molecule has 3 heteroatoms. The molecule has 0 aromatic rings. The van der Waals surface area contributed by atoms with E-state index in [4.69, 9.17) is 10.1 Å². The summed E-state index contributed by atoms with van der Waals surface area (Å²) in [6.45, 7) is 11.0. The highest BCUT2D eigenvalue weighted by Crippen LogP contribution is 2.21. The average molecular weight is 283 g/mol. The number of ether oxygens (including phenoxy) is 1. The van der Waals surface area contributed by atoms with Gasteiger partial charge in [0.1, 0.15) is 5.71 Å². The van der Waals surface area contributed by atoms with E-state index in [-0.39, 0.29) is 11.6 Å². The molecular formula is C17H33NO2. The zero-order valence-corrected chi connectivity index (χ0v) is 14.0. The van der Waals surface area contributed by atoms with Crippen molar-refractivity contribution < 1.29 is 9.53 Å². The molecule has 0 aromatic carbocycles. The predicted octanol–water partition coefficient (Wildman–Crippen LogP) is 4.84. The Balaban J connectivity index is 4.36. The summed E-state index contributed by atoms with van der Waals surface area (Å²) in [5, 5.41) is 8.05. The molecule has 0 atom stereocenters. The van der Waals surface area contributed by atoms with Gasteiger partial charge in [0.2, 0.25) is 0 Å². The van der Waals surface area contributed by atoms with Gasteiger partial charge in [0, 0.05) is 5.92 Å². The summed E-state index contributed by atoms with van der Waals surface area (Å²) in [6.07, 6.45) is 6.38. The van der Waals surface area contributed by atoms with Gasteiger partial charge in [-0.3, -0.25) is 5.41 Å². The Morgan fingerprint density at radius 1 is 0.950 bits per heavy atom. The van der Waals surface area contributed by atoms with E-state index < -0.39 is 5.97 Å².